The minimum atomic E-state index is 0.580. The Bertz CT molecular complexity index is 553. The Balaban J connectivity index is 2.14. The fourth-order valence-electron chi connectivity index (χ4n) is 3.33. The van der Waals surface area contributed by atoms with Crippen LogP contribution in [0.25, 0.3) is 0 Å². The molecule has 0 nitrogen and oxygen atoms in total. The van der Waals surface area contributed by atoms with Crippen LogP contribution in [-0.4, -0.2) is 0 Å². The van der Waals surface area contributed by atoms with Crippen LogP contribution in [0, 0.1) is 12.8 Å². The lowest BCUT2D eigenvalue weighted by molar-refractivity contribution is 0.445. The van der Waals surface area contributed by atoms with Crippen LogP contribution in [-0.2, 0) is 6.42 Å². The van der Waals surface area contributed by atoms with E-state index in [1.165, 1.54) is 24.0 Å². The van der Waals surface area contributed by atoms with Gasteiger partial charge in [0.1, 0.15) is 0 Å². The number of benzene rings is 2. The molecule has 3 rings (SSSR count). The van der Waals surface area contributed by atoms with Crippen LogP contribution >= 0.6 is 0 Å². The Hall–Kier alpha value is -1.56. The standard InChI is InChI=1S/C18H20/c1-13-7-3-5-9-16(13)18-14(2)11-12-15-8-4-6-10-17(15)18/h3-10,14,18H,11-12H2,1-2H3/t14-,18-/m0/s1. The number of hydrogen-bond donors (Lipinski definition) is 0. The summed E-state index contributed by atoms with van der Waals surface area (Å²) in [5.41, 5.74) is 6.03. The van der Waals surface area contributed by atoms with E-state index in [1.54, 1.807) is 11.1 Å². The van der Waals surface area contributed by atoms with E-state index in [0.29, 0.717) is 5.92 Å². The number of hydrogen-bond acceptors (Lipinski definition) is 0. The van der Waals surface area contributed by atoms with Crippen LogP contribution in [0.1, 0.15) is 41.5 Å². The van der Waals surface area contributed by atoms with Crippen molar-refractivity contribution in [3.8, 4) is 0 Å². The first-order valence-corrected chi connectivity index (χ1v) is 6.90. The van der Waals surface area contributed by atoms with Gasteiger partial charge >= 0.3 is 0 Å². The highest BCUT2D eigenvalue weighted by Gasteiger charge is 2.28. The average Bonchev–Trinajstić information content (AvgIpc) is 2.40. The molecule has 0 heteroatoms. The molecule has 0 spiro atoms. The van der Waals surface area contributed by atoms with E-state index in [9.17, 15) is 0 Å². The fourth-order valence-corrected chi connectivity index (χ4v) is 3.33. The SMILES string of the molecule is Cc1ccccc1[C@H]1c2ccccc2CC[C@@H]1C. The molecule has 0 amide bonds. The Morgan fingerprint density at radius 1 is 0.889 bits per heavy atom. The van der Waals surface area contributed by atoms with Crippen molar-refractivity contribution < 1.29 is 0 Å². The second kappa shape index (κ2) is 4.61. The molecule has 1 aliphatic carbocycles. The Morgan fingerprint density at radius 2 is 1.56 bits per heavy atom. The van der Waals surface area contributed by atoms with E-state index in [2.05, 4.69) is 62.4 Å². The summed E-state index contributed by atoms with van der Waals surface area (Å²) >= 11 is 0. The number of aryl methyl sites for hydroxylation is 2. The molecular weight excluding hydrogens is 216 g/mol. The average molecular weight is 236 g/mol. The Labute approximate surface area is 110 Å². The van der Waals surface area contributed by atoms with E-state index in [-0.39, 0.29) is 0 Å². The summed E-state index contributed by atoms with van der Waals surface area (Å²) in [4.78, 5) is 0. The number of fused-ring (bicyclic) bond motifs is 1. The van der Waals surface area contributed by atoms with Crippen molar-refractivity contribution in [2.45, 2.75) is 32.6 Å². The molecule has 0 fully saturated rings. The Morgan fingerprint density at radius 3 is 2.33 bits per heavy atom. The third-order valence-corrected chi connectivity index (χ3v) is 4.35. The molecule has 2 aromatic carbocycles. The second-order valence-corrected chi connectivity index (χ2v) is 5.55. The van der Waals surface area contributed by atoms with Gasteiger partial charge in [-0.1, -0.05) is 55.5 Å². The predicted molar refractivity (Wildman–Crippen MR) is 76.9 cm³/mol. The van der Waals surface area contributed by atoms with Gasteiger partial charge in [0.15, 0.2) is 0 Å². The van der Waals surface area contributed by atoms with Crippen molar-refractivity contribution in [1.82, 2.24) is 0 Å². The van der Waals surface area contributed by atoms with Crippen molar-refractivity contribution in [2.24, 2.45) is 5.92 Å². The van der Waals surface area contributed by atoms with Crippen molar-refractivity contribution in [1.29, 1.82) is 0 Å². The quantitative estimate of drug-likeness (QED) is 0.672. The highest BCUT2D eigenvalue weighted by Crippen LogP contribution is 2.41. The largest absolute Gasteiger partial charge is 0.0620 e. The van der Waals surface area contributed by atoms with Crippen molar-refractivity contribution in [3.05, 3.63) is 70.8 Å². The van der Waals surface area contributed by atoms with Gasteiger partial charge in [-0.3, -0.25) is 0 Å². The zero-order valence-electron chi connectivity index (χ0n) is 11.2. The molecule has 2 aromatic rings. The molecule has 0 heterocycles. The minimum Gasteiger partial charge on any atom is -0.0620 e. The van der Waals surface area contributed by atoms with Crippen LogP contribution in [0.2, 0.25) is 0 Å². The topological polar surface area (TPSA) is 0 Å². The van der Waals surface area contributed by atoms with E-state index >= 15 is 0 Å². The fraction of sp³-hybridized carbons (Fsp3) is 0.333. The minimum absolute atomic E-state index is 0.580. The first-order chi connectivity index (χ1) is 8.77. The van der Waals surface area contributed by atoms with Crippen LogP contribution in [0.3, 0.4) is 0 Å². The van der Waals surface area contributed by atoms with Gasteiger partial charge < -0.3 is 0 Å². The van der Waals surface area contributed by atoms with Gasteiger partial charge in [0.05, 0.1) is 0 Å². The molecule has 0 aliphatic heterocycles. The molecular formula is C18H20. The molecule has 0 bridgehead atoms. The smallest absolute Gasteiger partial charge is 0.0120 e. The maximum Gasteiger partial charge on any atom is 0.0120 e. The van der Waals surface area contributed by atoms with E-state index in [4.69, 9.17) is 0 Å². The monoisotopic (exact) mass is 236 g/mol. The molecule has 0 radical (unpaired) electrons. The van der Waals surface area contributed by atoms with E-state index < -0.39 is 0 Å². The zero-order valence-corrected chi connectivity index (χ0v) is 11.2. The molecule has 0 unspecified atom stereocenters. The summed E-state index contributed by atoms with van der Waals surface area (Å²) in [5, 5.41) is 0. The lowest BCUT2D eigenvalue weighted by atomic mass is 9.72. The summed E-state index contributed by atoms with van der Waals surface area (Å²) in [6.45, 7) is 4.63. The molecule has 2 atom stereocenters. The molecule has 92 valence electrons. The van der Waals surface area contributed by atoms with Gasteiger partial charge in [0, 0.05) is 5.92 Å². The summed E-state index contributed by atoms with van der Waals surface area (Å²) < 4.78 is 0. The first-order valence-electron chi connectivity index (χ1n) is 6.90. The third-order valence-electron chi connectivity index (χ3n) is 4.35. The van der Waals surface area contributed by atoms with Crippen LogP contribution in [0.4, 0.5) is 0 Å². The highest BCUT2D eigenvalue weighted by atomic mass is 14.3. The van der Waals surface area contributed by atoms with Gasteiger partial charge in [-0.05, 0) is 47.9 Å². The second-order valence-electron chi connectivity index (χ2n) is 5.55. The van der Waals surface area contributed by atoms with E-state index in [0.717, 1.165) is 5.92 Å². The van der Waals surface area contributed by atoms with Gasteiger partial charge in [-0.15, -0.1) is 0 Å². The summed E-state index contributed by atoms with van der Waals surface area (Å²) in [6, 6.07) is 17.8. The summed E-state index contributed by atoms with van der Waals surface area (Å²) in [6.07, 6.45) is 2.54. The van der Waals surface area contributed by atoms with Crippen molar-refractivity contribution >= 4 is 0 Å². The van der Waals surface area contributed by atoms with Crippen molar-refractivity contribution in [2.75, 3.05) is 0 Å². The first kappa shape index (κ1) is 11.5. The van der Waals surface area contributed by atoms with Crippen LogP contribution < -0.4 is 0 Å². The molecule has 0 saturated heterocycles. The Kier molecular flexibility index (Phi) is 2.95. The maximum atomic E-state index is 2.40. The maximum absolute atomic E-state index is 2.40. The highest BCUT2D eigenvalue weighted by molar-refractivity contribution is 5.43. The summed E-state index contributed by atoms with van der Waals surface area (Å²) in [7, 11) is 0. The molecule has 1 aliphatic rings. The predicted octanol–water partition coefficient (Wildman–Crippen LogP) is 4.71. The van der Waals surface area contributed by atoms with Gasteiger partial charge in [-0.25, -0.2) is 0 Å². The lowest BCUT2D eigenvalue weighted by Crippen LogP contribution is -2.20. The molecule has 0 N–H and O–H groups in total. The molecule has 0 saturated carbocycles. The molecule has 0 aromatic heterocycles. The van der Waals surface area contributed by atoms with Crippen LogP contribution in [0.15, 0.2) is 48.5 Å². The zero-order chi connectivity index (χ0) is 12.5. The van der Waals surface area contributed by atoms with E-state index in [1.807, 2.05) is 0 Å². The normalized spacial score (nSPS) is 22.6. The van der Waals surface area contributed by atoms with Crippen molar-refractivity contribution in [3.63, 3.8) is 0 Å². The van der Waals surface area contributed by atoms with Gasteiger partial charge in [-0.2, -0.15) is 0 Å². The van der Waals surface area contributed by atoms with Crippen LogP contribution in [0.5, 0.6) is 0 Å². The third kappa shape index (κ3) is 1.86. The number of rotatable bonds is 1. The molecule has 18 heavy (non-hydrogen) atoms. The lowest BCUT2D eigenvalue weighted by Gasteiger charge is -2.32. The van der Waals surface area contributed by atoms with Gasteiger partial charge in [0.2, 0.25) is 0 Å². The van der Waals surface area contributed by atoms with Gasteiger partial charge in [0.25, 0.3) is 0 Å². The summed E-state index contributed by atoms with van der Waals surface area (Å²) in [5.74, 6) is 1.32.